The average molecular weight is 453 g/mol. The molecule has 1 fully saturated rings. The van der Waals surface area contributed by atoms with Crippen molar-refractivity contribution in [3.8, 4) is 0 Å². The van der Waals surface area contributed by atoms with E-state index in [-0.39, 0.29) is 24.1 Å². The summed E-state index contributed by atoms with van der Waals surface area (Å²) in [5.74, 6) is -1.01. The van der Waals surface area contributed by atoms with Crippen LogP contribution in [-0.2, 0) is 9.59 Å². The number of nitrogens with zero attached hydrogens (tertiary/aromatic N) is 2. The van der Waals surface area contributed by atoms with Gasteiger partial charge < -0.3 is 10.6 Å². The summed E-state index contributed by atoms with van der Waals surface area (Å²) in [7, 11) is 0. The van der Waals surface area contributed by atoms with E-state index in [4.69, 9.17) is 23.2 Å². The van der Waals surface area contributed by atoms with Gasteiger partial charge in [0, 0.05) is 12.1 Å². The average Bonchev–Trinajstić information content (AvgIpc) is 3.02. The molecule has 0 spiro atoms. The van der Waals surface area contributed by atoms with Gasteiger partial charge in [0.2, 0.25) is 11.8 Å². The maximum absolute atomic E-state index is 13.0. The number of hydrogen-bond donors (Lipinski definition) is 2. The van der Waals surface area contributed by atoms with E-state index in [1.165, 1.54) is 18.2 Å². The van der Waals surface area contributed by atoms with E-state index in [0.29, 0.717) is 32.2 Å². The molecule has 0 aromatic heterocycles. The molecule has 1 atom stereocenters. The second kappa shape index (κ2) is 9.39. The summed E-state index contributed by atoms with van der Waals surface area (Å²) in [4.78, 5) is 24.3. The maximum Gasteiger partial charge on any atom is 0.240 e. The van der Waals surface area contributed by atoms with Gasteiger partial charge in [-0.25, -0.2) is 4.39 Å². The van der Waals surface area contributed by atoms with Crippen LogP contribution in [0.4, 0.5) is 10.1 Å². The molecule has 1 heterocycles. The second-order valence-electron chi connectivity index (χ2n) is 6.07. The van der Waals surface area contributed by atoms with Crippen LogP contribution in [0.1, 0.15) is 18.9 Å². The van der Waals surface area contributed by atoms with Crippen molar-refractivity contribution in [2.24, 2.45) is 10.2 Å². The van der Waals surface area contributed by atoms with E-state index in [1.807, 2.05) is 0 Å². The van der Waals surface area contributed by atoms with Gasteiger partial charge in [0.05, 0.1) is 15.8 Å². The molecule has 0 bridgehead atoms. The zero-order chi connectivity index (χ0) is 21.0. The first kappa shape index (κ1) is 21.3. The van der Waals surface area contributed by atoms with E-state index >= 15 is 0 Å². The Morgan fingerprint density at radius 1 is 1.21 bits per heavy atom. The van der Waals surface area contributed by atoms with Crippen molar-refractivity contribution in [3.63, 3.8) is 0 Å². The van der Waals surface area contributed by atoms with Crippen LogP contribution in [-0.4, -0.2) is 27.9 Å². The van der Waals surface area contributed by atoms with Crippen molar-refractivity contribution in [2.75, 3.05) is 5.32 Å². The van der Waals surface area contributed by atoms with Crippen LogP contribution in [0.2, 0.25) is 10.0 Å². The van der Waals surface area contributed by atoms with Gasteiger partial charge in [0.15, 0.2) is 5.17 Å². The highest BCUT2D eigenvalue weighted by molar-refractivity contribution is 8.15. The minimum absolute atomic E-state index is 0.0452. The summed E-state index contributed by atoms with van der Waals surface area (Å²) in [6, 6.07) is 10.6. The Kier molecular flexibility index (Phi) is 6.89. The number of amides is 2. The van der Waals surface area contributed by atoms with Gasteiger partial charge in [-0.15, -0.1) is 5.10 Å². The SMILES string of the molecule is C/C(=N/N=C1\NC(=O)[C@@H](CC(=O)Nc2ccc(Cl)c(Cl)c2)S1)c1ccc(F)cc1. The highest BCUT2D eigenvalue weighted by Crippen LogP contribution is 2.26. The van der Waals surface area contributed by atoms with Crippen molar-refractivity contribution >= 4 is 63.3 Å². The van der Waals surface area contributed by atoms with E-state index in [1.54, 1.807) is 31.2 Å². The molecule has 3 rings (SSSR count). The van der Waals surface area contributed by atoms with Gasteiger partial charge >= 0.3 is 0 Å². The Balaban J connectivity index is 1.59. The molecule has 1 saturated heterocycles. The number of carbonyl (C=O) groups is 2. The van der Waals surface area contributed by atoms with Gasteiger partial charge in [-0.3, -0.25) is 9.59 Å². The number of halogens is 3. The molecular formula is C19H15Cl2FN4O2S. The summed E-state index contributed by atoms with van der Waals surface area (Å²) < 4.78 is 13.0. The van der Waals surface area contributed by atoms with Gasteiger partial charge in [0.1, 0.15) is 11.1 Å². The monoisotopic (exact) mass is 452 g/mol. The molecular weight excluding hydrogens is 438 g/mol. The summed E-state index contributed by atoms with van der Waals surface area (Å²) in [5, 5.41) is 13.7. The molecule has 1 aliphatic rings. The molecule has 0 aliphatic carbocycles. The third-order valence-electron chi connectivity index (χ3n) is 3.90. The van der Waals surface area contributed by atoms with Crippen molar-refractivity contribution < 1.29 is 14.0 Å². The maximum atomic E-state index is 13.0. The number of rotatable bonds is 5. The lowest BCUT2D eigenvalue weighted by molar-refractivity contribution is -0.122. The summed E-state index contributed by atoms with van der Waals surface area (Å²) in [5.41, 5.74) is 1.76. The third-order valence-corrected chi connectivity index (χ3v) is 5.71. The zero-order valence-corrected chi connectivity index (χ0v) is 17.4. The summed E-state index contributed by atoms with van der Waals surface area (Å²) in [6.45, 7) is 1.72. The van der Waals surface area contributed by atoms with Crippen LogP contribution in [0.25, 0.3) is 0 Å². The number of carbonyl (C=O) groups excluding carboxylic acids is 2. The van der Waals surface area contributed by atoms with Crippen LogP contribution >= 0.6 is 35.0 Å². The summed E-state index contributed by atoms with van der Waals surface area (Å²) in [6.07, 6.45) is -0.0452. The fourth-order valence-electron chi connectivity index (χ4n) is 2.41. The van der Waals surface area contributed by atoms with E-state index in [0.717, 1.165) is 11.8 Å². The lowest BCUT2D eigenvalue weighted by Crippen LogP contribution is -2.28. The van der Waals surface area contributed by atoms with Crippen LogP contribution in [0.5, 0.6) is 0 Å². The van der Waals surface area contributed by atoms with Crippen molar-refractivity contribution in [2.45, 2.75) is 18.6 Å². The molecule has 2 N–H and O–H groups in total. The van der Waals surface area contributed by atoms with Gasteiger partial charge in [0.25, 0.3) is 0 Å². The van der Waals surface area contributed by atoms with Gasteiger partial charge in [-0.2, -0.15) is 5.10 Å². The normalized spacial score (nSPS) is 18.1. The minimum Gasteiger partial charge on any atom is -0.326 e. The number of benzene rings is 2. The lowest BCUT2D eigenvalue weighted by atomic mass is 10.1. The van der Waals surface area contributed by atoms with E-state index < -0.39 is 5.25 Å². The molecule has 1 aliphatic heterocycles. The third kappa shape index (κ3) is 5.79. The molecule has 0 unspecified atom stereocenters. The molecule has 2 amide bonds. The minimum atomic E-state index is -0.627. The standard InChI is InChI=1S/C19H15Cl2FN4O2S/c1-10(11-2-4-12(22)5-3-11)25-26-19-24-18(28)16(29-19)9-17(27)23-13-6-7-14(20)15(21)8-13/h2-8,16H,9H2,1H3,(H,23,27)(H,24,26,28)/b25-10-/t16-/m1/s1. The first-order valence-electron chi connectivity index (χ1n) is 8.42. The Labute approximate surface area is 180 Å². The summed E-state index contributed by atoms with van der Waals surface area (Å²) >= 11 is 12.9. The Morgan fingerprint density at radius 3 is 2.62 bits per heavy atom. The van der Waals surface area contributed by atoms with Crippen LogP contribution in [0, 0.1) is 5.82 Å². The van der Waals surface area contributed by atoms with Crippen LogP contribution in [0.15, 0.2) is 52.7 Å². The topological polar surface area (TPSA) is 82.9 Å². The molecule has 10 heteroatoms. The molecule has 2 aromatic rings. The highest BCUT2D eigenvalue weighted by Gasteiger charge is 2.32. The van der Waals surface area contributed by atoms with E-state index in [9.17, 15) is 14.0 Å². The Hall–Kier alpha value is -2.42. The fraction of sp³-hybridized carbons (Fsp3) is 0.158. The van der Waals surface area contributed by atoms with Crippen molar-refractivity contribution in [1.29, 1.82) is 0 Å². The highest BCUT2D eigenvalue weighted by atomic mass is 35.5. The first-order chi connectivity index (χ1) is 13.8. The van der Waals surface area contributed by atoms with Gasteiger partial charge in [-0.05, 0) is 42.8 Å². The Morgan fingerprint density at radius 2 is 1.93 bits per heavy atom. The molecule has 0 saturated carbocycles. The molecule has 29 heavy (non-hydrogen) atoms. The quantitative estimate of drug-likeness (QED) is 0.518. The molecule has 150 valence electrons. The number of nitrogens with one attached hydrogen (secondary N) is 2. The zero-order valence-electron chi connectivity index (χ0n) is 15.1. The lowest BCUT2D eigenvalue weighted by Gasteiger charge is -2.08. The van der Waals surface area contributed by atoms with Gasteiger partial charge in [-0.1, -0.05) is 47.1 Å². The molecule has 0 radical (unpaired) electrons. The number of hydrogen-bond acceptors (Lipinski definition) is 5. The smallest absolute Gasteiger partial charge is 0.240 e. The van der Waals surface area contributed by atoms with Crippen molar-refractivity contribution in [1.82, 2.24) is 5.32 Å². The fourth-order valence-corrected chi connectivity index (χ4v) is 3.63. The molecule has 2 aromatic carbocycles. The first-order valence-corrected chi connectivity index (χ1v) is 10.1. The predicted molar refractivity (Wildman–Crippen MR) is 115 cm³/mol. The second-order valence-corrected chi connectivity index (χ2v) is 8.08. The largest absolute Gasteiger partial charge is 0.326 e. The van der Waals surface area contributed by atoms with Crippen LogP contribution < -0.4 is 10.6 Å². The molecule has 6 nitrogen and oxygen atoms in total. The number of amidine groups is 1. The van der Waals surface area contributed by atoms with Crippen molar-refractivity contribution in [3.05, 3.63) is 63.9 Å². The van der Waals surface area contributed by atoms with E-state index in [2.05, 4.69) is 20.8 Å². The number of anilines is 1. The number of thioether (sulfide) groups is 1. The predicted octanol–water partition coefficient (Wildman–Crippen LogP) is 4.47. The Bertz CT molecular complexity index is 1010. The van der Waals surface area contributed by atoms with Crippen LogP contribution in [0.3, 0.4) is 0 Å².